The Kier molecular flexibility index (Phi) is 6.53. The number of benzene rings is 3. The fourth-order valence-electron chi connectivity index (χ4n) is 4.50. The molecule has 1 aliphatic rings. The number of rotatable bonds is 7. The molecule has 6 nitrogen and oxygen atoms in total. The van der Waals surface area contributed by atoms with Crippen LogP contribution in [-0.4, -0.2) is 34.8 Å². The molecule has 1 aromatic heterocycles. The predicted molar refractivity (Wildman–Crippen MR) is 136 cm³/mol. The van der Waals surface area contributed by atoms with Crippen LogP contribution in [0.1, 0.15) is 22.6 Å². The molecule has 35 heavy (non-hydrogen) atoms. The van der Waals surface area contributed by atoms with Gasteiger partial charge in [0.05, 0.1) is 0 Å². The van der Waals surface area contributed by atoms with Crippen LogP contribution < -0.4 is 5.32 Å². The van der Waals surface area contributed by atoms with Gasteiger partial charge in [0, 0.05) is 34.5 Å². The zero-order valence-electron chi connectivity index (χ0n) is 18.5. The topological polar surface area (TPSA) is 88.5 Å². The Labute approximate surface area is 211 Å². The number of carbonyl (C=O) groups is 2. The van der Waals surface area contributed by atoms with E-state index in [9.17, 15) is 14.7 Å². The first-order valence-electron chi connectivity index (χ1n) is 11.0. The minimum atomic E-state index is -1.19. The van der Waals surface area contributed by atoms with Gasteiger partial charge in [-0.25, -0.2) is 14.6 Å². The lowest BCUT2D eigenvalue weighted by Crippen LogP contribution is -2.43. The van der Waals surface area contributed by atoms with E-state index in [4.69, 9.17) is 16.3 Å². The number of carbonyl (C=O) groups excluding carboxylic acids is 1. The van der Waals surface area contributed by atoms with E-state index in [0.29, 0.717) is 10.6 Å². The van der Waals surface area contributed by atoms with E-state index in [2.05, 4.69) is 22.4 Å². The molecule has 0 aliphatic heterocycles. The Balaban J connectivity index is 1.30. The van der Waals surface area contributed by atoms with E-state index < -0.39 is 18.1 Å². The molecule has 0 fully saturated rings. The van der Waals surface area contributed by atoms with Crippen molar-refractivity contribution in [2.45, 2.75) is 18.4 Å². The molecule has 0 saturated carbocycles. The van der Waals surface area contributed by atoms with Gasteiger partial charge in [-0.05, 0) is 39.9 Å². The van der Waals surface area contributed by atoms with Gasteiger partial charge in [0.25, 0.3) is 0 Å². The summed E-state index contributed by atoms with van der Waals surface area (Å²) in [5, 5.41) is 15.4. The first-order chi connectivity index (χ1) is 17.0. The fraction of sp³-hybridized carbons (Fsp3) is 0.148. The summed E-state index contributed by atoms with van der Waals surface area (Å²) in [6, 6.07) is 20.1. The largest absolute Gasteiger partial charge is 0.480 e. The molecule has 0 spiro atoms. The van der Waals surface area contributed by atoms with Crippen molar-refractivity contribution < 1.29 is 19.4 Å². The van der Waals surface area contributed by atoms with Gasteiger partial charge in [-0.3, -0.25) is 0 Å². The number of alkyl carbamates (subject to hydrolysis) is 1. The SMILES string of the molecule is O=C(N[C@@H](Cc1cc(Cl)ccc1-c1nccs1)C(=O)O)OCC1c2ccccc2-c2ccccc21. The number of thiazole rings is 1. The summed E-state index contributed by atoms with van der Waals surface area (Å²) in [6.45, 7) is 0.105. The maximum Gasteiger partial charge on any atom is 0.407 e. The van der Waals surface area contributed by atoms with E-state index in [1.54, 1.807) is 18.3 Å². The summed E-state index contributed by atoms with van der Waals surface area (Å²) < 4.78 is 5.53. The summed E-state index contributed by atoms with van der Waals surface area (Å²) >= 11 is 7.62. The van der Waals surface area contributed by atoms with Gasteiger partial charge >= 0.3 is 12.1 Å². The number of amides is 1. The van der Waals surface area contributed by atoms with E-state index in [1.165, 1.54) is 11.3 Å². The number of hydrogen-bond acceptors (Lipinski definition) is 5. The maximum atomic E-state index is 12.7. The Morgan fingerprint density at radius 1 is 1.03 bits per heavy atom. The van der Waals surface area contributed by atoms with Crippen LogP contribution >= 0.6 is 22.9 Å². The average molecular weight is 505 g/mol. The summed E-state index contributed by atoms with van der Waals surface area (Å²) in [6.07, 6.45) is 0.939. The van der Waals surface area contributed by atoms with Crippen molar-refractivity contribution in [2.24, 2.45) is 0 Å². The van der Waals surface area contributed by atoms with Gasteiger partial charge in [-0.2, -0.15) is 0 Å². The van der Waals surface area contributed by atoms with Crippen LogP contribution in [0.15, 0.2) is 78.3 Å². The monoisotopic (exact) mass is 504 g/mol. The molecule has 8 heteroatoms. The number of nitrogens with zero attached hydrogens (tertiary/aromatic N) is 1. The number of fused-ring (bicyclic) bond motifs is 3. The van der Waals surface area contributed by atoms with Crippen LogP contribution in [0.3, 0.4) is 0 Å². The molecule has 4 aromatic rings. The van der Waals surface area contributed by atoms with Crippen LogP contribution in [0.25, 0.3) is 21.7 Å². The van der Waals surface area contributed by atoms with Gasteiger partial charge in [-0.15, -0.1) is 11.3 Å². The Morgan fingerprint density at radius 3 is 2.34 bits per heavy atom. The first-order valence-corrected chi connectivity index (χ1v) is 12.3. The molecule has 5 rings (SSSR count). The molecule has 0 radical (unpaired) electrons. The van der Waals surface area contributed by atoms with Crippen LogP contribution in [0.5, 0.6) is 0 Å². The highest BCUT2D eigenvalue weighted by Crippen LogP contribution is 2.44. The molecule has 0 saturated heterocycles. The first kappa shape index (κ1) is 23.1. The average Bonchev–Trinajstić information content (AvgIpc) is 3.49. The lowest BCUT2D eigenvalue weighted by Gasteiger charge is -2.18. The van der Waals surface area contributed by atoms with Crippen LogP contribution in [0.4, 0.5) is 4.79 Å². The number of carboxylic acid groups (broad SMARTS) is 1. The van der Waals surface area contributed by atoms with E-state index in [0.717, 1.165) is 32.8 Å². The highest BCUT2D eigenvalue weighted by atomic mass is 35.5. The van der Waals surface area contributed by atoms with Crippen LogP contribution in [0, 0.1) is 0 Å². The molecule has 0 bridgehead atoms. The predicted octanol–water partition coefficient (Wildman–Crippen LogP) is 6.00. The quantitative estimate of drug-likeness (QED) is 0.322. The molecule has 1 aliphatic carbocycles. The highest BCUT2D eigenvalue weighted by Gasteiger charge is 2.30. The number of carboxylic acids is 1. The van der Waals surface area contributed by atoms with E-state index >= 15 is 0 Å². The van der Waals surface area contributed by atoms with Crippen molar-refractivity contribution >= 4 is 35.0 Å². The third-order valence-electron chi connectivity index (χ3n) is 6.09. The van der Waals surface area contributed by atoms with Crippen LogP contribution in [-0.2, 0) is 16.0 Å². The number of halogens is 1. The lowest BCUT2D eigenvalue weighted by molar-refractivity contribution is -0.139. The third kappa shape index (κ3) is 4.78. The van der Waals surface area contributed by atoms with Crippen molar-refractivity contribution in [1.29, 1.82) is 0 Å². The summed E-state index contributed by atoms with van der Waals surface area (Å²) in [7, 11) is 0. The number of aromatic nitrogens is 1. The Morgan fingerprint density at radius 2 is 1.71 bits per heavy atom. The zero-order chi connectivity index (χ0) is 24.4. The van der Waals surface area contributed by atoms with Gasteiger partial charge < -0.3 is 15.2 Å². The standard InChI is InChI=1S/C27H21ClN2O4S/c28-17-9-10-18(25-29-11-12-35-25)16(13-17)14-24(26(31)32)30-27(33)34-15-23-21-7-3-1-5-19(21)20-6-2-4-8-22(20)23/h1-13,23-24H,14-15H2,(H,30,33)(H,31,32)/t24-/m0/s1. The van der Waals surface area contributed by atoms with Crippen LogP contribution in [0.2, 0.25) is 5.02 Å². The molecule has 2 N–H and O–H groups in total. The van der Waals surface area contributed by atoms with Gasteiger partial charge in [0.15, 0.2) is 0 Å². The number of hydrogen-bond donors (Lipinski definition) is 2. The molecule has 0 unspecified atom stereocenters. The smallest absolute Gasteiger partial charge is 0.407 e. The Hall–Kier alpha value is -3.68. The highest BCUT2D eigenvalue weighted by molar-refractivity contribution is 7.13. The van der Waals surface area contributed by atoms with E-state index in [1.807, 2.05) is 47.8 Å². The van der Waals surface area contributed by atoms with Crippen molar-refractivity contribution in [3.8, 4) is 21.7 Å². The molecule has 176 valence electrons. The number of nitrogens with one attached hydrogen (secondary N) is 1. The van der Waals surface area contributed by atoms with Crippen molar-refractivity contribution in [1.82, 2.24) is 10.3 Å². The van der Waals surface area contributed by atoms with Crippen molar-refractivity contribution in [3.05, 3.63) is 100 Å². The van der Waals surface area contributed by atoms with Crippen molar-refractivity contribution in [3.63, 3.8) is 0 Å². The summed E-state index contributed by atoms with van der Waals surface area (Å²) in [5.41, 5.74) is 5.88. The molecule has 3 aromatic carbocycles. The van der Waals surface area contributed by atoms with Gasteiger partial charge in [0.1, 0.15) is 17.7 Å². The minimum absolute atomic E-state index is 0.0367. The molecule has 1 heterocycles. The zero-order valence-corrected chi connectivity index (χ0v) is 20.1. The normalized spacial score (nSPS) is 13.1. The number of ether oxygens (including phenoxy) is 1. The second-order valence-corrected chi connectivity index (χ2v) is 9.53. The van der Waals surface area contributed by atoms with Crippen molar-refractivity contribution in [2.75, 3.05) is 6.61 Å². The summed E-state index contributed by atoms with van der Waals surface area (Å²) in [5.74, 6) is -1.27. The molecule has 1 atom stereocenters. The second-order valence-electron chi connectivity index (χ2n) is 8.20. The molecular formula is C27H21ClN2O4S. The molecular weight excluding hydrogens is 484 g/mol. The summed E-state index contributed by atoms with van der Waals surface area (Å²) in [4.78, 5) is 29.0. The third-order valence-corrected chi connectivity index (χ3v) is 7.13. The second kappa shape index (κ2) is 9.90. The van der Waals surface area contributed by atoms with Gasteiger partial charge in [0.2, 0.25) is 0 Å². The van der Waals surface area contributed by atoms with Gasteiger partial charge in [-0.1, -0.05) is 66.2 Å². The van der Waals surface area contributed by atoms with E-state index in [-0.39, 0.29) is 18.9 Å². The number of aliphatic carboxylic acids is 1. The Bertz CT molecular complexity index is 1340. The fourth-order valence-corrected chi connectivity index (χ4v) is 5.39. The minimum Gasteiger partial charge on any atom is -0.480 e. The lowest BCUT2D eigenvalue weighted by atomic mass is 9.98. The molecule has 1 amide bonds. The maximum absolute atomic E-state index is 12.7.